The van der Waals surface area contributed by atoms with Gasteiger partial charge in [-0.05, 0) is 42.8 Å². The maximum Gasteiger partial charge on any atom is 0.331 e. The van der Waals surface area contributed by atoms with Crippen molar-refractivity contribution < 1.29 is 139 Å². The van der Waals surface area contributed by atoms with Crippen molar-refractivity contribution in [1.29, 1.82) is 0 Å². The molecule has 4 saturated heterocycles. The predicted octanol–water partition coefficient (Wildman–Crippen LogP) is -4.86. The molecule has 3 aromatic carbocycles. The van der Waals surface area contributed by atoms with Gasteiger partial charge in [-0.1, -0.05) is 12.1 Å². The Balaban J connectivity index is 0.926. The summed E-state index contributed by atoms with van der Waals surface area (Å²) in [6.07, 6.45) is -31.5. The van der Waals surface area contributed by atoms with Gasteiger partial charge < -0.3 is 134 Å². The summed E-state index contributed by atoms with van der Waals surface area (Å²) in [5, 5.41) is 178. The minimum Gasteiger partial charge on any atom is -0.571 e. The first-order valence-electron chi connectivity index (χ1n) is 23.6. The molecule has 18 N–H and O–H groups in total. The van der Waals surface area contributed by atoms with Crippen LogP contribution >= 0.6 is 0 Å². The number of hydrogen-bond donors (Lipinski definition) is 17. The summed E-state index contributed by atoms with van der Waals surface area (Å²) < 4.78 is 55.6. The summed E-state index contributed by atoms with van der Waals surface area (Å²) >= 11 is 0. The molecule has 5 aliphatic heterocycles. The summed E-state index contributed by atoms with van der Waals surface area (Å²) in [5.74, 6) is -4.45. The third-order valence-corrected chi connectivity index (χ3v) is 13.2. The van der Waals surface area contributed by atoms with Gasteiger partial charge in [0, 0.05) is 18.2 Å². The van der Waals surface area contributed by atoms with E-state index in [9.17, 15) is 91.6 Å². The second-order valence-electron chi connectivity index (χ2n) is 18.5. The molecule has 0 saturated carbocycles. The number of rotatable bonds is 15. The topological polar surface area (TPSA) is 457 Å². The number of hydrogen-bond acceptors (Lipinski definition) is 27. The van der Waals surface area contributed by atoms with E-state index in [2.05, 4.69) is 4.74 Å². The van der Waals surface area contributed by atoms with E-state index in [1.807, 2.05) is 0 Å². The molecular formula is C48H59O28+. The van der Waals surface area contributed by atoms with Gasteiger partial charge in [0.2, 0.25) is 18.9 Å². The maximum atomic E-state index is 12.9. The number of aromatic hydroxyl groups is 5. The van der Waals surface area contributed by atoms with Gasteiger partial charge in [-0.3, -0.25) is 0 Å². The van der Waals surface area contributed by atoms with E-state index in [-0.39, 0.29) is 34.1 Å². The molecule has 28 nitrogen and oxygen atoms in total. The predicted molar refractivity (Wildman–Crippen MR) is 246 cm³/mol. The van der Waals surface area contributed by atoms with Gasteiger partial charge in [-0.2, -0.15) is 0 Å². The molecule has 0 spiro atoms. The largest absolute Gasteiger partial charge is 0.571 e. The number of esters is 1. The molecule has 0 amide bonds. The Morgan fingerprint density at radius 2 is 1.13 bits per heavy atom. The monoisotopic (exact) mass is 1080 g/mol. The molecule has 0 aliphatic carbocycles. The van der Waals surface area contributed by atoms with Gasteiger partial charge in [0.05, 0.1) is 37.6 Å². The smallest absolute Gasteiger partial charge is 0.331 e. The zero-order valence-electron chi connectivity index (χ0n) is 39.7. The Morgan fingerprint density at radius 3 is 1.71 bits per heavy atom. The molecule has 4 fully saturated rings. The van der Waals surface area contributed by atoms with E-state index in [1.54, 1.807) is 0 Å². The second kappa shape index (κ2) is 23.5. The average Bonchev–Trinajstić information content (AvgIpc) is 3.40. The van der Waals surface area contributed by atoms with Crippen molar-refractivity contribution in [3.05, 3.63) is 77.1 Å². The number of phenolic OH excluding ortho intramolecular Hbond substituents is 4. The number of aliphatic hydroxyl groups excluding tert-OH is 13. The highest BCUT2D eigenvalue weighted by atomic mass is 16.7. The molecule has 76 heavy (non-hydrogen) atoms. The average molecular weight is 1080 g/mol. The van der Waals surface area contributed by atoms with Gasteiger partial charge in [0.25, 0.3) is 11.9 Å². The first kappa shape index (κ1) is 56.5. The van der Waals surface area contributed by atoms with E-state index < -0.39 is 178 Å². The van der Waals surface area contributed by atoms with Crippen molar-refractivity contribution in [3.8, 4) is 40.2 Å². The summed E-state index contributed by atoms with van der Waals surface area (Å²) in [4.78, 5) is 12.9. The van der Waals surface area contributed by atoms with Crippen LogP contribution in [0, 0.1) is 0 Å². The first-order valence-corrected chi connectivity index (χ1v) is 23.6. The minimum absolute atomic E-state index is 0.0365. The molecule has 418 valence electrons. The van der Waals surface area contributed by atoms with E-state index >= 15 is 0 Å². The van der Waals surface area contributed by atoms with Gasteiger partial charge in [0.15, 0.2) is 35.4 Å². The highest BCUT2D eigenvalue weighted by molar-refractivity contribution is 5.87. The van der Waals surface area contributed by atoms with E-state index in [4.69, 9.17) is 42.6 Å². The van der Waals surface area contributed by atoms with Crippen LogP contribution in [0.1, 0.15) is 29.7 Å². The van der Waals surface area contributed by atoms with E-state index in [1.165, 1.54) is 43.3 Å². The fourth-order valence-electron chi connectivity index (χ4n) is 8.86. The number of ether oxygens (including phenoxy) is 10. The Kier molecular flexibility index (Phi) is 17.5. The van der Waals surface area contributed by atoms with Crippen LogP contribution in [-0.2, 0) is 38.0 Å². The van der Waals surface area contributed by atoms with E-state index in [0.29, 0.717) is 5.56 Å². The van der Waals surface area contributed by atoms with Crippen LogP contribution in [0.15, 0.2) is 60.4 Å². The van der Waals surface area contributed by atoms with Crippen molar-refractivity contribution in [2.75, 3.05) is 19.8 Å². The van der Waals surface area contributed by atoms with Crippen LogP contribution in [0.2, 0.25) is 0 Å². The quantitative estimate of drug-likeness (QED) is 0.0294. The van der Waals surface area contributed by atoms with Crippen LogP contribution < -0.4 is 9.47 Å². The van der Waals surface area contributed by atoms with Crippen LogP contribution in [-0.4, -0.2) is 240 Å². The summed E-state index contributed by atoms with van der Waals surface area (Å²) in [6, 6.07) is 10.1. The van der Waals surface area contributed by atoms with Crippen molar-refractivity contribution in [2.45, 2.75) is 136 Å². The van der Waals surface area contributed by atoms with Gasteiger partial charge in [0.1, 0.15) is 108 Å². The Labute approximate surface area is 429 Å². The lowest BCUT2D eigenvalue weighted by molar-refractivity contribution is -0.325. The van der Waals surface area contributed by atoms with Gasteiger partial charge in [-0.15, -0.1) is 0 Å². The normalized spacial score (nSPS) is 37.6. The lowest BCUT2D eigenvalue weighted by Gasteiger charge is -2.43. The molecule has 0 bridgehead atoms. The lowest BCUT2D eigenvalue weighted by Crippen LogP contribution is -2.61. The standard InChI is InChI=1S/C48H58O28/c1-16-43(76-30(54)7-4-17-2-5-20(6-3-17)69-46-39(63)35(59)32(56)27(13-49)73-46)38(62)42(66)45(68-16)67-15-29-34(58)37(61)41(65)48(75-29)72-26-12-21-24(70-44(26)18-8-22(52)31(55)23(53)9-18)10-19(51)11-25(21)71-47-40(64)36(60)33(57)28(14-50)74-47/h2-12,16,27-29,32-53,55-66H,13-15H2,1H3/p+1/b7-4+/t16-,27-,28+,29+,32+,33+,34+,35-,36-,37-,38-,39-,40-,41+,42-,43-,44?,45+,46+,47+,48+/m0/s1. The third kappa shape index (κ3) is 11.7. The molecule has 8 rings (SSSR count). The molecule has 21 atom stereocenters. The van der Waals surface area contributed by atoms with Crippen LogP contribution in [0.5, 0.6) is 40.2 Å². The lowest BCUT2D eigenvalue weighted by atomic mass is 9.98. The minimum atomic E-state index is -2.04. The molecule has 1 unspecified atom stereocenters. The molecule has 28 heteroatoms. The second-order valence-corrected chi connectivity index (χ2v) is 18.5. The molecule has 0 aromatic heterocycles. The van der Waals surface area contributed by atoms with Gasteiger partial charge >= 0.3 is 5.97 Å². The maximum absolute atomic E-state index is 12.9. The number of benzene rings is 3. The van der Waals surface area contributed by atoms with Crippen LogP contribution in [0.3, 0.4) is 0 Å². The number of carbonyl (C=O) groups excluding carboxylic acids is 1. The van der Waals surface area contributed by atoms with Crippen molar-refractivity contribution >= 4 is 18.1 Å². The van der Waals surface area contributed by atoms with Crippen molar-refractivity contribution in [3.63, 3.8) is 0 Å². The zero-order valence-corrected chi connectivity index (χ0v) is 39.7. The Morgan fingerprint density at radius 1 is 0.605 bits per heavy atom. The third-order valence-electron chi connectivity index (χ3n) is 13.2. The fraction of sp³-hybridized carbons (Fsp3) is 0.521. The molecule has 3 aromatic rings. The molecule has 0 radical (unpaired) electrons. The fourth-order valence-corrected chi connectivity index (χ4v) is 8.86. The first-order chi connectivity index (χ1) is 36.1. The summed E-state index contributed by atoms with van der Waals surface area (Å²) in [5.41, 5.74) is 0.341. The Bertz CT molecular complexity index is 2520. The molecular weight excluding hydrogens is 1020 g/mol. The number of fused-ring (bicyclic) bond motifs is 1. The van der Waals surface area contributed by atoms with Crippen molar-refractivity contribution in [1.82, 2.24) is 0 Å². The van der Waals surface area contributed by atoms with Crippen LogP contribution in [0.4, 0.5) is 0 Å². The van der Waals surface area contributed by atoms with Crippen molar-refractivity contribution in [2.24, 2.45) is 0 Å². The SMILES string of the molecule is C[C@@H]1O[C@@H](OC[C@H]2O[C@@H](OC3=Cc4c(O[C@@H]5O[C@H](CO)[C@@H](O)[C@H](O)[C@@H]5O)cc(O)cc4[OH+]C3c3cc(O)c(O)c(O)c3)[C@H](O)[C@@H](O)[C@@H]2O)[C@@H](O)[C@H](O)[C@H]1OC(=O)/C=C/c1ccc(O[C@@H]2O[C@@H](CO)[C@@H](O)[C@H](O)[C@@H]2O)cc1. The number of carbonyl (C=O) groups is 1. The van der Waals surface area contributed by atoms with Gasteiger partial charge in [-0.25, -0.2) is 4.79 Å². The van der Waals surface area contributed by atoms with E-state index in [0.717, 1.165) is 30.3 Å². The number of aliphatic hydroxyl groups is 14. The molecule has 5 aliphatic rings. The highest BCUT2D eigenvalue weighted by Gasteiger charge is 2.51. The summed E-state index contributed by atoms with van der Waals surface area (Å²) in [6.45, 7) is -0.780. The van der Waals surface area contributed by atoms with Crippen LogP contribution in [0.25, 0.3) is 12.2 Å². The Hall–Kier alpha value is -5.71. The summed E-state index contributed by atoms with van der Waals surface area (Å²) in [7, 11) is 0. The number of phenols is 4. The highest BCUT2D eigenvalue weighted by Crippen LogP contribution is 2.48. The molecule has 5 heterocycles. The zero-order chi connectivity index (χ0) is 55.0.